The minimum atomic E-state index is 0.0128. The lowest BCUT2D eigenvalue weighted by atomic mass is 10.2. The second-order valence-electron chi connectivity index (χ2n) is 4.83. The molecule has 2 atom stereocenters. The first-order chi connectivity index (χ1) is 8.17. The normalized spacial score (nSPS) is 24.4. The lowest BCUT2D eigenvalue weighted by Crippen LogP contribution is -2.35. The van der Waals surface area contributed by atoms with Crippen molar-refractivity contribution in [2.75, 3.05) is 4.90 Å². The van der Waals surface area contributed by atoms with E-state index in [2.05, 4.69) is 28.7 Å². The highest BCUT2D eigenvalue weighted by Crippen LogP contribution is 2.29. The second-order valence-corrected chi connectivity index (χ2v) is 4.83. The predicted molar refractivity (Wildman–Crippen MR) is 67.9 cm³/mol. The van der Waals surface area contributed by atoms with Gasteiger partial charge in [0.15, 0.2) is 0 Å². The van der Waals surface area contributed by atoms with Crippen molar-refractivity contribution in [1.82, 2.24) is 9.97 Å². The molecule has 0 spiro atoms. The Kier molecular flexibility index (Phi) is 3.62. The van der Waals surface area contributed by atoms with Gasteiger partial charge in [0.25, 0.3) is 0 Å². The SMILES string of the molecule is CCC1CCC(C)N1c1ncc(CO)c(C)n1. The summed E-state index contributed by atoms with van der Waals surface area (Å²) in [7, 11) is 0. The van der Waals surface area contributed by atoms with Crippen LogP contribution in [0, 0.1) is 6.92 Å². The summed E-state index contributed by atoms with van der Waals surface area (Å²) in [5.74, 6) is 0.816. The summed E-state index contributed by atoms with van der Waals surface area (Å²) in [6.07, 6.45) is 5.31. The number of rotatable bonds is 3. The fourth-order valence-corrected chi connectivity index (χ4v) is 2.59. The Bertz CT molecular complexity index is 394. The Morgan fingerprint density at radius 1 is 1.47 bits per heavy atom. The molecule has 17 heavy (non-hydrogen) atoms. The number of hydrogen-bond donors (Lipinski definition) is 1. The fraction of sp³-hybridized carbons (Fsp3) is 0.692. The van der Waals surface area contributed by atoms with E-state index in [1.165, 1.54) is 12.8 Å². The molecule has 4 heteroatoms. The fourth-order valence-electron chi connectivity index (χ4n) is 2.59. The summed E-state index contributed by atoms with van der Waals surface area (Å²) in [4.78, 5) is 11.3. The summed E-state index contributed by atoms with van der Waals surface area (Å²) in [5, 5.41) is 9.13. The highest BCUT2D eigenvalue weighted by molar-refractivity contribution is 5.37. The van der Waals surface area contributed by atoms with E-state index in [1.54, 1.807) is 6.20 Å². The number of aliphatic hydroxyl groups is 1. The number of hydrogen-bond acceptors (Lipinski definition) is 4. The van der Waals surface area contributed by atoms with Crippen molar-refractivity contribution in [3.8, 4) is 0 Å². The minimum absolute atomic E-state index is 0.0128. The van der Waals surface area contributed by atoms with E-state index in [0.29, 0.717) is 12.1 Å². The van der Waals surface area contributed by atoms with Crippen LogP contribution in [-0.2, 0) is 6.61 Å². The highest BCUT2D eigenvalue weighted by Gasteiger charge is 2.31. The first-order valence-corrected chi connectivity index (χ1v) is 6.39. The molecule has 2 rings (SSSR count). The molecule has 1 aliphatic rings. The van der Waals surface area contributed by atoms with Crippen LogP contribution in [0.5, 0.6) is 0 Å². The first-order valence-electron chi connectivity index (χ1n) is 6.39. The topological polar surface area (TPSA) is 49.2 Å². The minimum Gasteiger partial charge on any atom is -0.392 e. The maximum atomic E-state index is 9.13. The van der Waals surface area contributed by atoms with Gasteiger partial charge in [-0.05, 0) is 33.1 Å². The Morgan fingerprint density at radius 3 is 2.82 bits per heavy atom. The predicted octanol–water partition coefficient (Wildman–Crippen LogP) is 2.04. The second kappa shape index (κ2) is 5.00. The van der Waals surface area contributed by atoms with Crippen molar-refractivity contribution in [1.29, 1.82) is 0 Å². The van der Waals surface area contributed by atoms with E-state index in [1.807, 2.05) is 6.92 Å². The molecule has 0 amide bonds. The van der Waals surface area contributed by atoms with E-state index in [0.717, 1.165) is 23.6 Å². The average molecular weight is 235 g/mol. The van der Waals surface area contributed by atoms with E-state index >= 15 is 0 Å². The standard InChI is InChI=1S/C13H21N3O/c1-4-12-6-5-9(2)16(12)13-14-7-11(8-17)10(3)15-13/h7,9,12,17H,4-6,8H2,1-3H3. The van der Waals surface area contributed by atoms with Gasteiger partial charge in [-0.25, -0.2) is 9.97 Å². The van der Waals surface area contributed by atoms with Gasteiger partial charge in [-0.15, -0.1) is 0 Å². The van der Waals surface area contributed by atoms with Crippen molar-refractivity contribution >= 4 is 5.95 Å². The molecule has 2 unspecified atom stereocenters. The van der Waals surface area contributed by atoms with Gasteiger partial charge in [0.1, 0.15) is 0 Å². The smallest absolute Gasteiger partial charge is 0.226 e. The molecular formula is C13H21N3O. The van der Waals surface area contributed by atoms with Crippen molar-refractivity contribution in [3.05, 3.63) is 17.5 Å². The highest BCUT2D eigenvalue weighted by atomic mass is 16.3. The van der Waals surface area contributed by atoms with Gasteiger partial charge >= 0.3 is 0 Å². The third kappa shape index (κ3) is 2.27. The Balaban J connectivity index is 2.29. The Morgan fingerprint density at radius 2 is 2.24 bits per heavy atom. The van der Waals surface area contributed by atoms with Crippen LogP contribution in [0.1, 0.15) is 44.4 Å². The number of nitrogens with zero attached hydrogens (tertiary/aromatic N) is 3. The molecular weight excluding hydrogens is 214 g/mol. The summed E-state index contributed by atoms with van der Waals surface area (Å²) >= 11 is 0. The summed E-state index contributed by atoms with van der Waals surface area (Å²) in [5.41, 5.74) is 1.69. The van der Waals surface area contributed by atoms with Gasteiger partial charge < -0.3 is 10.0 Å². The van der Waals surface area contributed by atoms with Gasteiger partial charge in [-0.3, -0.25) is 0 Å². The molecule has 0 aliphatic carbocycles. The largest absolute Gasteiger partial charge is 0.392 e. The zero-order valence-corrected chi connectivity index (χ0v) is 10.8. The van der Waals surface area contributed by atoms with E-state index in [9.17, 15) is 0 Å². The average Bonchev–Trinajstić information content (AvgIpc) is 2.70. The molecule has 1 aromatic rings. The Hall–Kier alpha value is -1.16. The number of anilines is 1. The molecule has 0 bridgehead atoms. The monoisotopic (exact) mass is 235 g/mol. The third-order valence-corrected chi connectivity index (χ3v) is 3.73. The van der Waals surface area contributed by atoms with Crippen LogP contribution in [0.25, 0.3) is 0 Å². The molecule has 4 nitrogen and oxygen atoms in total. The molecule has 94 valence electrons. The number of aliphatic hydroxyl groups excluding tert-OH is 1. The van der Waals surface area contributed by atoms with Crippen LogP contribution in [-0.4, -0.2) is 27.2 Å². The van der Waals surface area contributed by atoms with E-state index in [4.69, 9.17) is 5.11 Å². The van der Waals surface area contributed by atoms with Crippen LogP contribution in [0.4, 0.5) is 5.95 Å². The molecule has 1 aromatic heterocycles. The van der Waals surface area contributed by atoms with Crippen LogP contribution in [0.3, 0.4) is 0 Å². The van der Waals surface area contributed by atoms with Crippen LogP contribution >= 0.6 is 0 Å². The van der Waals surface area contributed by atoms with Crippen LogP contribution in [0.15, 0.2) is 6.20 Å². The van der Waals surface area contributed by atoms with Gasteiger partial charge in [0.05, 0.1) is 6.61 Å². The third-order valence-electron chi connectivity index (χ3n) is 3.73. The molecule has 1 fully saturated rings. The zero-order chi connectivity index (χ0) is 12.4. The maximum Gasteiger partial charge on any atom is 0.226 e. The maximum absolute atomic E-state index is 9.13. The van der Waals surface area contributed by atoms with Gasteiger partial charge in [0.2, 0.25) is 5.95 Å². The molecule has 0 saturated carbocycles. The number of aryl methyl sites for hydroxylation is 1. The lowest BCUT2D eigenvalue weighted by molar-refractivity contribution is 0.280. The molecule has 0 aromatic carbocycles. The van der Waals surface area contributed by atoms with Crippen LogP contribution in [0.2, 0.25) is 0 Å². The van der Waals surface area contributed by atoms with Crippen molar-refractivity contribution in [3.63, 3.8) is 0 Å². The first kappa shape index (κ1) is 12.3. The molecule has 2 heterocycles. The summed E-state index contributed by atoms with van der Waals surface area (Å²) in [6, 6.07) is 1.07. The van der Waals surface area contributed by atoms with E-state index < -0.39 is 0 Å². The summed E-state index contributed by atoms with van der Waals surface area (Å²) in [6.45, 7) is 6.39. The number of aromatic nitrogens is 2. The van der Waals surface area contributed by atoms with E-state index in [-0.39, 0.29) is 6.61 Å². The van der Waals surface area contributed by atoms with Crippen molar-refractivity contribution < 1.29 is 5.11 Å². The van der Waals surface area contributed by atoms with Crippen LogP contribution < -0.4 is 4.90 Å². The van der Waals surface area contributed by atoms with Gasteiger partial charge in [-0.2, -0.15) is 0 Å². The summed E-state index contributed by atoms with van der Waals surface area (Å²) < 4.78 is 0. The zero-order valence-electron chi connectivity index (χ0n) is 10.8. The Labute approximate surface area is 103 Å². The molecule has 1 saturated heterocycles. The lowest BCUT2D eigenvalue weighted by Gasteiger charge is -2.28. The molecule has 1 N–H and O–H groups in total. The van der Waals surface area contributed by atoms with Crippen molar-refractivity contribution in [2.45, 2.75) is 58.7 Å². The van der Waals surface area contributed by atoms with Gasteiger partial charge in [0, 0.05) is 29.5 Å². The molecule has 1 aliphatic heterocycles. The van der Waals surface area contributed by atoms with Gasteiger partial charge in [-0.1, -0.05) is 6.92 Å². The van der Waals surface area contributed by atoms with Crippen molar-refractivity contribution in [2.24, 2.45) is 0 Å². The quantitative estimate of drug-likeness (QED) is 0.871. The molecule has 0 radical (unpaired) electrons.